The van der Waals surface area contributed by atoms with Crippen LogP contribution >= 0.6 is 11.8 Å². The third kappa shape index (κ3) is 6.09. The summed E-state index contributed by atoms with van der Waals surface area (Å²) in [5, 5.41) is 0.217. The maximum absolute atomic E-state index is 14.0. The van der Waals surface area contributed by atoms with E-state index >= 15 is 0 Å². The van der Waals surface area contributed by atoms with Crippen LogP contribution in [-0.2, 0) is 18.8 Å². The molecule has 3 aliphatic rings. The second-order valence-corrected chi connectivity index (χ2v) is 22.7. The van der Waals surface area contributed by atoms with Gasteiger partial charge in [0, 0.05) is 29.8 Å². The van der Waals surface area contributed by atoms with Gasteiger partial charge >= 0.3 is 6.09 Å². The number of nitrogens with zero attached hydrogens (tertiary/aromatic N) is 2. The minimum atomic E-state index is -2.04. The first-order valence-corrected chi connectivity index (χ1v) is 21.4. The number of hydrogen-bond donors (Lipinski definition) is 0. The first-order valence-electron chi connectivity index (χ1n) is 15.4. The lowest BCUT2D eigenvalue weighted by Crippen LogP contribution is -2.76. The van der Waals surface area contributed by atoms with Gasteiger partial charge in [0.05, 0.1) is 12.0 Å². The zero-order valence-electron chi connectivity index (χ0n) is 25.4. The van der Waals surface area contributed by atoms with Crippen molar-refractivity contribution >= 4 is 45.4 Å². The Kier molecular flexibility index (Phi) is 11.4. The average Bonchev–Trinajstić information content (AvgIpc) is 3.58. The fraction of sp³-hybridized carbons (Fsp3) is 0.828. The molecule has 6 atom stereocenters. The number of thioether (sulfide) groups is 1. The Labute approximate surface area is 243 Å². The molecule has 1 unspecified atom stereocenters. The van der Waals surface area contributed by atoms with Crippen molar-refractivity contribution in [2.24, 2.45) is 11.8 Å². The van der Waals surface area contributed by atoms with Crippen molar-refractivity contribution in [3.05, 3.63) is 12.7 Å². The van der Waals surface area contributed by atoms with Crippen LogP contribution in [0.3, 0.4) is 0 Å². The predicted octanol–water partition coefficient (Wildman–Crippen LogP) is 6.66. The monoisotopic (exact) mass is 596 g/mol. The van der Waals surface area contributed by atoms with Gasteiger partial charge < -0.3 is 18.6 Å². The zero-order valence-corrected chi connectivity index (χ0v) is 28.2. The van der Waals surface area contributed by atoms with Crippen molar-refractivity contribution in [2.75, 3.05) is 13.2 Å². The standard InChI is InChI=1S/C29H52N2O5SSi2/c1-9-19-35-29(34)30-18-16-17-23(30)24-20-22(28(33)37-24)26-25(21(8)36-39(13-5,14-6)15-7)27(32)31(26)38(10-2,11-3)12-4/h9,21-26H,1,10-20H2,2-8H3/t21-,22-,23+,24?,25-,26-/m1/s1. The van der Waals surface area contributed by atoms with Crippen LogP contribution in [0.1, 0.15) is 67.7 Å². The van der Waals surface area contributed by atoms with E-state index in [1.54, 1.807) is 6.08 Å². The Morgan fingerprint density at radius 2 is 1.69 bits per heavy atom. The van der Waals surface area contributed by atoms with Crippen molar-refractivity contribution in [2.45, 2.75) is 127 Å². The lowest BCUT2D eigenvalue weighted by molar-refractivity contribution is -0.158. The molecule has 3 aliphatic heterocycles. The second kappa shape index (κ2) is 13.7. The molecule has 0 aromatic heterocycles. The van der Waals surface area contributed by atoms with E-state index in [2.05, 4.69) is 59.6 Å². The molecule has 0 N–H and O–H groups in total. The van der Waals surface area contributed by atoms with Crippen LogP contribution in [0.25, 0.3) is 0 Å². The van der Waals surface area contributed by atoms with E-state index in [1.165, 1.54) is 11.8 Å². The molecule has 39 heavy (non-hydrogen) atoms. The van der Waals surface area contributed by atoms with E-state index < -0.39 is 16.6 Å². The Morgan fingerprint density at radius 1 is 1.08 bits per heavy atom. The normalized spacial score (nSPS) is 28.5. The van der Waals surface area contributed by atoms with E-state index in [1.807, 2.05) is 4.90 Å². The molecule has 3 saturated heterocycles. The molecule has 3 heterocycles. The third-order valence-electron chi connectivity index (χ3n) is 10.3. The maximum Gasteiger partial charge on any atom is 0.410 e. The molecule has 0 spiro atoms. The van der Waals surface area contributed by atoms with Crippen LogP contribution in [0, 0.1) is 11.8 Å². The quantitative estimate of drug-likeness (QED) is 0.127. The van der Waals surface area contributed by atoms with Crippen LogP contribution in [0.15, 0.2) is 12.7 Å². The first kappa shape index (κ1) is 32.4. The molecule has 0 saturated carbocycles. The van der Waals surface area contributed by atoms with E-state index in [0.717, 1.165) is 49.1 Å². The van der Waals surface area contributed by atoms with Crippen LogP contribution in [-0.4, -0.2) is 79.7 Å². The molecule has 3 fully saturated rings. The minimum Gasteiger partial charge on any atom is -0.445 e. The molecule has 0 radical (unpaired) electrons. The van der Waals surface area contributed by atoms with Crippen LogP contribution < -0.4 is 0 Å². The van der Waals surface area contributed by atoms with Gasteiger partial charge in [-0.05, 0) is 62.5 Å². The van der Waals surface area contributed by atoms with Crippen molar-refractivity contribution < 1.29 is 23.5 Å². The summed E-state index contributed by atoms with van der Waals surface area (Å²) in [5.41, 5.74) is 0. The lowest BCUT2D eigenvalue weighted by Gasteiger charge is -2.59. The first-order chi connectivity index (χ1) is 18.6. The van der Waals surface area contributed by atoms with Gasteiger partial charge in [-0.25, -0.2) is 4.79 Å². The number of hydrogen-bond acceptors (Lipinski definition) is 6. The van der Waals surface area contributed by atoms with Gasteiger partial charge in [0.25, 0.3) is 0 Å². The predicted molar refractivity (Wildman–Crippen MR) is 165 cm³/mol. The molecule has 0 bridgehead atoms. The molecule has 0 aromatic carbocycles. The SMILES string of the molecule is C=CCOC(=O)N1CCC[C@H]1C1C[C@H]([C@@H]2[C@@H]([C@@H](C)O[Si](CC)(CC)CC)C(=O)N2[Si](CC)(CC)CC)C(=O)S1. The number of ether oxygens (including phenoxy) is 1. The lowest BCUT2D eigenvalue weighted by atomic mass is 9.76. The van der Waals surface area contributed by atoms with Crippen LogP contribution in [0.4, 0.5) is 4.79 Å². The second-order valence-electron chi connectivity index (χ2n) is 11.7. The summed E-state index contributed by atoms with van der Waals surface area (Å²) in [5.74, 6) is -0.255. The maximum atomic E-state index is 14.0. The summed E-state index contributed by atoms with van der Waals surface area (Å²) in [6.07, 6.45) is 3.58. The molecule has 2 amide bonds. The summed E-state index contributed by atoms with van der Waals surface area (Å²) in [6.45, 7) is 19.9. The number of rotatable bonds is 14. The Hall–Kier alpha value is -1.11. The number of carbonyl (C=O) groups excluding carboxylic acids is 3. The Bertz CT molecular complexity index is 880. The van der Waals surface area contributed by atoms with E-state index in [-0.39, 0.29) is 59.0 Å². The van der Waals surface area contributed by atoms with Crippen molar-refractivity contribution in [3.63, 3.8) is 0 Å². The molecule has 7 nitrogen and oxygen atoms in total. The van der Waals surface area contributed by atoms with E-state index in [0.29, 0.717) is 13.0 Å². The molecule has 222 valence electrons. The van der Waals surface area contributed by atoms with Gasteiger partial charge in [0.2, 0.25) is 5.91 Å². The minimum absolute atomic E-state index is 0.0107. The van der Waals surface area contributed by atoms with Gasteiger partial charge in [-0.15, -0.1) is 0 Å². The molecule has 3 rings (SSSR count). The van der Waals surface area contributed by atoms with Gasteiger partial charge in [0.15, 0.2) is 21.7 Å². The average molecular weight is 597 g/mol. The van der Waals surface area contributed by atoms with Crippen LogP contribution in [0.5, 0.6) is 0 Å². The highest BCUT2D eigenvalue weighted by Crippen LogP contribution is 2.50. The number of likely N-dealkylation sites (tertiary alicyclic amines) is 1. The number of amides is 2. The summed E-state index contributed by atoms with van der Waals surface area (Å²) < 4.78 is 14.5. The molecular weight excluding hydrogens is 545 g/mol. The fourth-order valence-electron chi connectivity index (χ4n) is 7.48. The smallest absolute Gasteiger partial charge is 0.410 e. The fourth-order valence-corrected chi connectivity index (χ4v) is 16.0. The van der Waals surface area contributed by atoms with Crippen molar-refractivity contribution in [1.29, 1.82) is 0 Å². The number of β-lactam (4-membered cyclic amide) rings is 1. The van der Waals surface area contributed by atoms with Crippen molar-refractivity contribution in [1.82, 2.24) is 9.47 Å². The largest absolute Gasteiger partial charge is 0.445 e. The molecule has 10 heteroatoms. The van der Waals surface area contributed by atoms with Gasteiger partial charge in [-0.1, -0.05) is 66.0 Å². The van der Waals surface area contributed by atoms with Crippen molar-refractivity contribution in [3.8, 4) is 0 Å². The summed E-state index contributed by atoms with van der Waals surface area (Å²) >= 11 is 1.41. The summed E-state index contributed by atoms with van der Waals surface area (Å²) in [4.78, 5) is 42.3. The number of carbonyl (C=O) groups is 3. The van der Waals surface area contributed by atoms with E-state index in [4.69, 9.17) is 9.16 Å². The molecular formula is C29H52N2O5SSi2. The highest BCUT2D eigenvalue weighted by atomic mass is 32.2. The van der Waals surface area contributed by atoms with Gasteiger partial charge in [-0.2, -0.15) is 0 Å². The van der Waals surface area contributed by atoms with E-state index in [9.17, 15) is 14.4 Å². The topological polar surface area (TPSA) is 76.2 Å². The van der Waals surface area contributed by atoms with Gasteiger partial charge in [0.1, 0.15) is 6.61 Å². The van der Waals surface area contributed by atoms with Gasteiger partial charge in [-0.3, -0.25) is 9.59 Å². The summed E-state index contributed by atoms with van der Waals surface area (Å²) in [6, 6.07) is 6.03. The highest BCUT2D eigenvalue weighted by molar-refractivity contribution is 8.14. The zero-order chi connectivity index (χ0) is 29.0. The molecule has 0 aliphatic carbocycles. The molecule has 0 aromatic rings. The Morgan fingerprint density at radius 3 is 2.23 bits per heavy atom. The Balaban J connectivity index is 1.90. The van der Waals surface area contributed by atoms with Crippen LogP contribution in [0.2, 0.25) is 36.3 Å². The summed E-state index contributed by atoms with van der Waals surface area (Å²) in [7, 11) is -3.96. The third-order valence-corrected chi connectivity index (χ3v) is 21.9. The highest BCUT2D eigenvalue weighted by Gasteiger charge is 2.62.